The van der Waals surface area contributed by atoms with Crippen LogP contribution in [-0.2, 0) is 4.79 Å². The predicted octanol–water partition coefficient (Wildman–Crippen LogP) is 4.88. The maximum Gasteiger partial charge on any atom is 0.317 e. The van der Waals surface area contributed by atoms with Gasteiger partial charge in [0.1, 0.15) is 11.9 Å². The number of aliphatic carboxylic acids is 1. The first-order valence-corrected chi connectivity index (χ1v) is 9.39. The van der Waals surface area contributed by atoms with Gasteiger partial charge in [-0.2, -0.15) is 0 Å². The Bertz CT molecular complexity index is 863. The molecule has 0 aromatic heterocycles. The van der Waals surface area contributed by atoms with Crippen molar-refractivity contribution in [2.75, 3.05) is 20.1 Å². The van der Waals surface area contributed by atoms with Gasteiger partial charge < -0.3 is 9.84 Å². The number of carboxylic acids is 1. The second kappa shape index (κ2) is 9.72. The third-order valence-corrected chi connectivity index (χ3v) is 4.59. The van der Waals surface area contributed by atoms with Gasteiger partial charge in [0.05, 0.1) is 6.54 Å². The number of carbonyl (C=O) groups is 1. The molecule has 3 aromatic rings. The van der Waals surface area contributed by atoms with Gasteiger partial charge in [0.25, 0.3) is 0 Å². The molecule has 0 radical (unpaired) electrons. The Hall–Kier alpha value is -3.11. The molecular formula is C24H25NO3. The minimum Gasteiger partial charge on any atom is -0.486 e. The lowest BCUT2D eigenvalue weighted by molar-refractivity contribution is -0.138. The summed E-state index contributed by atoms with van der Waals surface area (Å²) in [4.78, 5) is 12.7. The van der Waals surface area contributed by atoms with Gasteiger partial charge in [-0.05, 0) is 35.9 Å². The van der Waals surface area contributed by atoms with Crippen molar-refractivity contribution >= 4 is 5.97 Å². The van der Waals surface area contributed by atoms with Crippen molar-refractivity contribution in [1.82, 2.24) is 4.90 Å². The predicted molar refractivity (Wildman–Crippen MR) is 111 cm³/mol. The highest BCUT2D eigenvalue weighted by Gasteiger charge is 2.15. The largest absolute Gasteiger partial charge is 0.486 e. The summed E-state index contributed by atoms with van der Waals surface area (Å²) in [5, 5.41) is 8.95. The number of likely N-dealkylation sites (N-methyl/N-ethyl adjacent to an activating group) is 1. The molecule has 28 heavy (non-hydrogen) atoms. The quantitative estimate of drug-likeness (QED) is 0.579. The topological polar surface area (TPSA) is 49.8 Å². The highest BCUT2D eigenvalue weighted by molar-refractivity contribution is 5.69. The number of rotatable bonds is 9. The van der Waals surface area contributed by atoms with Gasteiger partial charge in [-0.15, -0.1) is 0 Å². The van der Waals surface area contributed by atoms with E-state index < -0.39 is 5.97 Å². The Kier molecular flexibility index (Phi) is 6.82. The molecule has 0 spiro atoms. The van der Waals surface area contributed by atoms with Crippen molar-refractivity contribution in [2.45, 2.75) is 12.5 Å². The normalized spacial score (nSPS) is 11.9. The maximum absolute atomic E-state index is 10.9. The summed E-state index contributed by atoms with van der Waals surface area (Å²) < 4.78 is 6.27. The lowest BCUT2D eigenvalue weighted by Crippen LogP contribution is -2.28. The van der Waals surface area contributed by atoms with Gasteiger partial charge in [-0.25, -0.2) is 0 Å². The van der Waals surface area contributed by atoms with Gasteiger partial charge in [0.2, 0.25) is 0 Å². The van der Waals surface area contributed by atoms with Crippen LogP contribution in [0.25, 0.3) is 11.1 Å². The molecule has 0 amide bonds. The number of carboxylic acid groups (broad SMARTS) is 1. The first-order chi connectivity index (χ1) is 13.6. The highest BCUT2D eigenvalue weighted by atomic mass is 16.5. The van der Waals surface area contributed by atoms with E-state index in [9.17, 15) is 4.79 Å². The fourth-order valence-electron chi connectivity index (χ4n) is 3.13. The Morgan fingerprint density at radius 1 is 0.893 bits per heavy atom. The fourth-order valence-corrected chi connectivity index (χ4v) is 3.13. The second-order valence-corrected chi connectivity index (χ2v) is 6.83. The average Bonchev–Trinajstić information content (AvgIpc) is 2.72. The number of benzene rings is 3. The molecule has 4 heteroatoms. The zero-order valence-corrected chi connectivity index (χ0v) is 16.0. The summed E-state index contributed by atoms with van der Waals surface area (Å²) in [5.41, 5.74) is 3.40. The summed E-state index contributed by atoms with van der Waals surface area (Å²) in [6, 6.07) is 28.4. The lowest BCUT2D eigenvalue weighted by atomic mass is 10.0. The van der Waals surface area contributed by atoms with Crippen molar-refractivity contribution in [3.63, 3.8) is 0 Å². The molecule has 1 atom stereocenters. The number of ether oxygens (including phenoxy) is 1. The molecule has 4 nitrogen and oxygen atoms in total. The summed E-state index contributed by atoms with van der Waals surface area (Å²) in [7, 11) is 1.81. The molecule has 0 bridgehead atoms. The van der Waals surface area contributed by atoms with E-state index in [1.807, 2.05) is 67.7 Å². The third kappa shape index (κ3) is 5.69. The average molecular weight is 375 g/mol. The van der Waals surface area contributed by atoms with Crippen LogP contribution >= 0.6 is 0 Å². The molecule has 0 saturated carbocycles. The van der Waals surface area contributed by atoms with Gasteiger partial charge in [0, 0.05) is 13.0 Å². The zero-order chi connectivity index (χ0) is 19.8. The van der Waals surface area contributed by atoms with Crippen molar-refractivity contribution in [1.29, 1.82) is 0 Å². The molecule has 0 aliphatic carbocycles. The lowest BCUT2D eigenvalue weighted by Gasteiger charge is -2.22. The SMILES string of the molecule is CN(CCC(Oc1ccc(-c2ccccc2)cc1)c1ccccc1)CC(=O)O. The summed E-state index contributed by atoms with van der Waals surface area (Å²) >= 11 is 0. The molecule has 144 valence electrons. The fraction of sp³-hybridized carbons (Fsp3) is 0.208. The molecule has 1 N–H and O–H groups in total. The van der Waals surface area contributed by atoms with Crippen molar-refractivity contribution < 1.29 is 14.6 Å². The van der Waals surface area contributed by atoms with Gasteiger partial charge in [-0.3, -0.25) is 9.69 Å². The van der Waals surface area contributed by atoms with Crippen LogP contribution in [0.3, 0.4) is 0 Å². The van der Waals surface area contributed by atoms with Crippen LogP contribution in [0.15, 0.2) is 84.9 Å². The number of hydrogen-bond acceptors (Lipinski definition) is 3. The van der Waals surface area contributed by atoms with Crippen molar-refractivity contribution in [3.05, 3.63) is 90.5 Å². The standard InChI is InChI=1S/C24H25NO3/c1-25(18-24(26)27)17-16-23(21-10-6-3-7-11-21)28-22-14-12-20(13-15-22)19-8-4-2-5-9-19/h2-15,23H,16-18H2,1H3,(H,26,27). The van der Waals surface area contributed by atoms with Crippen molar-refractivity contribution in [3.8, 4) is 16.9 Å². The molecule has 0 aliphatic heterocycles. The summed E-state index contributed by atoms with van der Waals surface area (Å²) in [6.45, 7) is 0.654. The molecule has 0 aliphatic rings. The molecule has 0 saturated heterocycles. The molecule has 0 heterocycles. The van der Waals surface area contributed by atoms with E-state index in [4.69, 9.17) is 9.84 Å². The molecule has 3 rings (SSSR count). The van der Waals surface area contributed by atoms with Crippen LogP contribution in [0.2, 0.25) is 0 Å². The van der Waals surface area contributed by atoms with E-state index in [-0.39, 0.29) is 12.6 Å². The monoisotopic (exact) mass is 375 g/mol. The number of nitrogens with zero attached hydrogens (tertiary/aromatic N) is 1. The first-order valence-electron chi connectivity index (χ1n) is 9.39. The second-order valence-electron chi connectivity index (χ2n) is 6.83. The smallest absolute Gasteiger partial charge is 0.317 e. The molecule has 1 unspecified atom stereocenters. The Morgan fingerprint density at radius 2 is 1.46 bits per heavy atom. The summed E-state index contributed by atoms with van der Waals surface area (Å²) in [5.74, 6) is -0.0226. The number of hydrogen-bond donors (Lipinski definition) is 1. The van der Waals surface area contributed by atoms with E-state index in [0.717, 1.165) is 16.9 Å². The van der Waals surface area contributed by atoms with E-state index in [0.29, 0.717) is 13.0 Å². The highest BCUT2D eigenvalue weighted by Crippen LogP contribution is 2.27. The minimum absolute atomic E-state index is 0.0211. The first kappa shape index (κ1) is 19.6. The molecule has 0 fully saturated rings. The van der Waals surface area contributed by atoms with Crippen LogP contribution in [0.5, 0.6) is 5.75 Å². The van der Waals surface area contributed by atoms with Crippen molar-refractivity contribution in [2.24, 2.45) is 0 Å². The van der Waals surface area contributed by atoms with Gasteiger partial charge in [-0.1, -0.05) is 72.8 Å². The van der Waals surface area contributed by atoms with Crippen LogP contribution in [0, 0.1) is 0 Å². The van der Waals surface area contributed by atoms with E-state index in [1.165, 1.54) is 5.56 Å². The van der Waals surface area contributed by atoms with Gasteiger partial charge in [0.15, 0.2) is 0 Å². The van der Waals surface area contributed by atoms with Crippen LogP contribution < -0.4 is 4.74 Å². The Morgan fingerprint density at radius 3 is 2.07 bits per heavy atom. The Labute approximate surface area is 166 Å². The molecular weight excluding hydrogens is 350 g/mol. The Balaban J connectivity index is 1.71. The summed E-state index contributed by atoms with van der Waals surface area (Å²) in [6.07, 6.45) is 0.564. The van der Waals surface area contributed by atoms with Gasteiger partial charge >= 0.3 is 5.97 Å². The van der Waals surface area contributed by atoms with Crippen LogP contribution in [-0.4, -0.2) is 36.1 Å². The minimum atomic E-state index is -0.823. The van der Waals surface area contributed by atoms with E-state index in [2.05, 4.69) is 24.3 Å². The maximum atomic E-state index is 10.9. The zero-order valence-electron chi connectivity index (χ0n) is 16.0. The third-order valence-electron chi connectivity index (χ3n) is 4.59. The van der Waals surface area contributed by atoms with Crippen LogP contribution in [0.4, 0.5) is 0 Å². The molecule has 3 aromatic carbocycles. The van der Waals surface area contributed by atoms with E-state index in [1.54, 1.807) is 4.90 Å². The van der Waals surface area contributed by atoms with E-state index >= 15 is 0 Å². The van der Waals surface area contributed by atoms with Crippen LogP contribution in [0.1, 0.15) is 18.1 Å².